The van der Waals surface area contributed by atoms with Gasteiger partial charge in [-0.1, -0.05) is 0 Å². The van der Waals surface area contributed by atoms with Crippen LogP contribution in [-0.2, 0) is 34.0 Å². The second-order valence-electron chi connectivity index (χ2n) is 3.90. The van der Waals surface area contributed by atoms with Gasteiger partial charge in [-0.3, -0.25) is 13.5 Å². The van der Waals surface area contributed by atoms with E-state index in [0.29, 0.717) is 0 Å². The van der Waals surface area contributed by atoms with Crippen LogP contribution in [0.3, 0.4) is 0 Å². The van der Waals surface area contributed by atoms with Gasteiger partial charge < -0.3 is 4.74 Å². The number of esters is 1. The molecule has 14 heteroatoms. The average Bonchev–Trinajstić information content (AvgIpc) is 2.64. The standard InChI is InChI=1S/C7H8F4O8S2/c8-6(9,7(10,11)21(15,16)17)3-18-5(12)4-1-2-19-20(4,13)14/h4H,1-3H2,(H,15,16,17). The smallest absolute Gasteiger partial charge is 0.435 e. The Kier molecular flexibility index (Phi) is 4.58. The first-order valence-electron chi connectivity index (χ1n) is 5.00. The highest BCUT2D eigenvalue weighted by molar-refractivity contribution is 7.88. The van der Waals surface area contributed by atoms with E-state index in [1.54, 1.807) is 0 Å². The van der Waals surface area contributed by atoms with Crippen LogP contribution in [0, 0.1) is 0 Å². The van der Waals surface area contributed by atoms with Crippen molar-refractivity contribution in [3.8, 4) is 0 Å². The molecule has 0 aromatic carbocycles. The molecule has 1 aliphatic rings. The molecule has 0 amide bonds. The van der Waals surface area contributed by atoms with Crippen molar-refractivity contribution in [3.63, 3.8) is 0 Å². The normalized spacial score (nSPS) is 23.0. The maximum atomic E-state index is 13.0. The van der Waals surface area contributed by atoms with E-state index in [4.69, 9.17) is 4.55 Å². The molecule has 0 saturated carbocycles. The zero-order valence-corrected chi connectivity index (χ0v) is 11.5. The number of rotatable bonds is 5. The summed E-state index contributed by atoms with van der Waals surface area (Å²) in [6.45, 7) is -2.86. The maximum absolute atomic E-state index is 13.0. The topological polar surface area (TPSA) is 124 Å². The molecule has 1 atom stereocenters. The Bertz CT molecular complexity index is 625. The number of carbonyl (C=O) groups excluding carboxylic acids is 1. The van der Waals surface area contributed by atoms with Crippen molar-refractivity contribution in [2.45, 2.75) is 22.8 Å². The minimum Gasteiger partial charge on any atom is -0.458 e. The predicted octanol–water partition coefficient (Wildman–Crippen LogP) is -0.236. The third kappa shape index (κ3) is 3.44. The SMILES string of the molecule is O=C(OCC(F)(F)C(F)(F)S(=O)(=O)O)C1CCOS1(=O)=O. The summed E-state index contributed by atoms with van der Waals surface area (Å²) in [6, 6.07) is 0. The molecule has 1 unspecified atom stereocenters. The molecule has 0 bridgehead atoms. The zero-order valence-electron chi connectivity index (χ0n) is 9.83. The molecule has 1 aliphatic heterocycles. The van der Waals surface area contributed by atoms with E-state index >= 15 is 0 Å². The van der Waals surface area contributed by atoms with Crippen LogP contribution in [0.15, 0.2) is 0 Å². The van der Waals surface area contributed by atoms with Gasteiger partial charge in [0.15, 0.2) is 11.9 Å². The maximum Gasteiger partial charge on any atom is 0.435 e. The molecule has 124 valence electrons. The molecule has 1 heterocycles. The highest BCUT2D eigenvalue weighted by Gasteiger charge is 2.66. The van der Waals surface area contributed by atoms with Crippen LogP contribution < -0.4 is 0 Å². The van der Waals surface area contributed by atoms with Crippen molar-refractivity contribution in [2.75, 3.05) is 13.2 Å². The molecule has 0 radical (unpaired) electrons. The van der Waals surface area contributed by atoms with E-state index in [0.717, 1.165) is 0 Å². The van der Waals surface area contributed by atoms with Crippen molar-refractivity contribution in [2.24, 2.45) is 0 Å². The lowest BCUT2D eigenvalue weighted by Crippen LogP contribution is -2.50. The molecule has 0 spiro atoms. The lowest BCUT2D eigenvalue weighted by Gasteiger charge is -2.23. The van der Waals surface area contributed by atoms with Crippen LogP contribution >= 0.6 is 0 Å². The van der Waals surface area contributed by atoms with Gasteiger partial charge in [-0.25, -0.2) is 0 Å². The van der Waals surface area contributed by atoms with Gasteiger partial charge in [-0.05, 0) is 0 Å². The van der Waals surface area contributed by atoms with Gasteiger partial charge in [0.1, 0.15) is 0 Å². The molecule has 1 saturated heterocycles. The Morgan fingerprint density at radius 3 is 2.24 bits per heavy atom. The Hall–Kier alpha value is -0.990. The third-order valence-electron chi connectivity index (χ3n) is 2.38. The van der Waals surface area contributed by atoms with Crippen LogP contribution in [0.5, 0.6) is 0 Å². The fraction of sp³-hybridized carbons (Fsp3) is 0.857. The largest absolute Gasteiger partial charge is 0.458 e. The van der Waals surface area contributed by atoms with Crippen LogP contribution in [0.2, 0.25) is 0 Å². The van der Waals surface area contributed by atoms with Gasteiger partial charge in [0, 0.05) is 6.42 Å². The number of hydrogen-bond donors (Lipinski definition) is 1. The van der Waals surface area contributed by atoms with E-state index in [1.165, 1.54) is 0 Å². The van der Waals surface area contributed by atoms with E-state index in [1.807, 2.05) is 0 Å². The molecule has 1 fully saturated rings. The first-order valence-corrected chi connectivity index (χ1v) is 7.91. The molecular formula is C7H8F4O8S2. The Morgan fingerprint density at radius 1 is 1.33 bits per heavy atom. The van der Waals surface area contributed by atoms with Crippen LogP contribution in [0.4, 0.5) is 17.6 Å². The quantitative estimate of drug-likeness (QED) is 0.308. The second kappa shape index (κ2) is 5.33. The summed E-state index contributed by atoms with van der Waals surface area (Å²) < 4.78 is 110. The fourth-order valence-electron chi connectivity index (χ4n) is 1.26. The average molecular weight is 360 g/mol. The van der Waals surface area contributed by atoms with E-state index in [2.05, 4.69) is 8.92 Å². The molecule has 8 nitrogen and oxygen atoms in total. The highest BCUT2D eigenvalue weighted by atomic mass is 32.2. The fourth-order valence-corrected chi connectivity index (χ4v) is 2.88. The van der Waals surface area contributed by atoms with Gasteiger partial charge in [-0.2, -0.15) is 34.4 Å². The number of hydrogen-bond acceptors (Lipinski definition) is 7. The molecule has 1 rings (SSSR count). The van der Waals surface area contributed by atoms with Gasteiger partial charge in [-0.15, -0.1) is 0 Å². The lowest BCUT2D eigenvalue weighted by molar-refractivity contribution is -0.196. The number of alkyl halides is 4. The summed E-state index contributed by atoms with van der Waals surface area (Å²) in [5, 5.41) is -7.88. The Balaban J connectivity index is 2.81. The molecule has 1 N–H and O–H groups in total. The van der Waals surface area contributed by atoms with Crippen LogP contribution in [-0.4, -0.2) is 57.0 Å². The molecule has 21 heavy (non-hydrogen) atoms. The summed E-state index contributed by atoms with van der Waals surface area (Å²) in [4.78, 5) is 11.2. The van der Waals surface area contributed by atoms with E-state index in [9.17, 15) is 39.2 Å². The second-order valence-corrected chi connectivity index (χ2v) is 7.15. The summed E-state index contributed by atoms with van der Waals surface area (Å²) in [5.41, 5.74) is 0. The molecule has 0 aromatic heterocycles. The minimum absolute atomic E-state index is 0.417. The summed E-state index contributed by atoms with van der Waals surface area (Å²) in [6.07, 6.45) is -0.429. The van der Waals surface area contributed by atoms with E-state index < -0.39 is 62.3 Å². The first kappa shape index (κ1) is 18.1. The highest BCUT2D eigenvalue weighted by Crippen LogP contribution is 2.38. The number of ether oxygens (including phenoxy) is 1. The van der Waals surface area contributed by atoms with Crippen LogP contribution in [0.25, 0.3) is 0 Å². The Labute approximate surface area is 115 Å². The summed E-state index contributed by atoms with van der Waals surface area (Å²) >= 11 is 0. The van der Waals surface area contributed by atoms with Crippen molar-refractivity contribution < 1.29 is 52.7 Å². The molecule has 0 aromatic rings. The number of carbonyl (C=O) groups is 1. The number of halogens is 4. The monoisotopic (exact) mass is 360 g/mol. The zero-order chi connectivity index (χ0) is 16.7. The van der Waals surface area contributed by atoms with Crippen molar-refractivity contribution in [1.29, 1.82) is 0 Å². The van der Waals surface area contributed by atoms with Gasteiger partial charge >= 0.3 is 27.3 Å². The Morgan fingerprint density at radius 2 is 1.86 bits per heavy atom. The minimum atomic E-state index is -6.47. The van der Waals surface area contributed by atoms with Crippen LogP contribution in [0.1, 0.15) is 6.42 Å². The van der Waals surface area contributed by atoms with Crippen molar-refractivity contribution in [3.05, 3.63) is 0 Å². The predicted molar refractivity (Wildman–Crippen MR) is 55.7 cm³/mol. The van der Waals surface area contributed by atoms with Crippen molar-refractivity contribution in [1.82, 2.24) is 0 Å². The summed E-state index contributed by atoms with van der Waals surface area (Å²) in [7, 11) is -10.9. The van der Waals surface area contributed by atoms with Gasteiger partial charge in [0.05, 0.1) is 6.61 Å². The molecular weight excluding hydrogens is 352 g/mol. The molecule has 0 aliphatic carbocycles. The van der Waals surface area contributed by atoms with Gasteiger partial charge in [0.25, 0.3) is 10.1 Å². The first-order chi connectivity index (χ1) is 9.22. The van der Waals surface area contributed by atoms with Crippen molar-refractivity contribution >= 4 is 26.2 Å². The van der Waals surface area contributed by atoms with Gasteiger partial charge in [0.2, 0.25) is 0 Å². The lowest BCUT2D eigenvalue weighted by atomic mass is 10.3. The summed E-state index contributed by atoms with van der Waals surface area (Å²) in [5.74, 6) is -7.25. The van der Waals surface area contributed by atoms with E-state index in [-0.39, 0.29) is 0 Å². The third-order valence-corrected chi connectivity index (χ3v) is 4.95.